The van der Waals surface area contributed by atoms with Gasteiger partial charge in [0.2, 0.25) is 0 Å². The molecule has 0 radical (unpaired) electrons. The van der Waals surface area contributed by atoms with Gasteiger partial charge in [-0.3, -0.25) is 0 Å². The van der Waals surface area contributed by atoms with Gasteiger partial charge < -0.3 is 41.1 Å². The third kappa shape index (κ3) is 8.40. The smallest absolute Gasteiger partial charge is 0.321 e. The maximum absolute atomic E-state index is 12.8. The van der Waals surface area contributed by atoms with E-state index in [4.69, 9.17) is 15.3 Å². The number of anilines is 3. The van der Waals surface area contributed by atoms with Crippen LogP contribution in [0.15, 0.2) is 35.7 Å². The number of rotatable bonds is 10. The zero-order chi connectivity index (χ0) is 26.6. The first-order valence-corrected chi connectivity index (χ1v) is 12.2. The summed E-state index contributed by atoms with van der Waals surface area (Å²) in [5.41, 5.74) is 7.30. The molecule has 1 aliphatic heterocycles. The first-order valence-electron chi connectivity index (χ1n) is 12.2. The molecule has 200 valence electrons. The molecule has 0 aliphatic carbocycles. The van der Waals surface area contributed by atoms with E-state index < -0.39 is 0 Å². The Morgan fingerprint density at radius 1 is 1.14 bits per heavy atom. The second-order valence-corrected chi connectivity index (χ2v) is 8.45. The molecular weight excluding hydrogens is 478 g/mol. The van der Waals surface area contributed by atoms with Crippen molar-refractivity contribution >= 4 is 35.6 Å². The second-order valence-electron chi connectivity index (χ2n) is 8.45. The van der Waals surface area contributed by atoms with Crippen LogP contribution in [0.25, 0.3) is 0 Å². The van der Waals surface area contributed by atoms with Gasteiger partial charge in [0.1, 0.15) is 30.3 Å². The molecule has 0 bridgehead atoms. The summed E-state index contributed by atoms with van der Waals surface area (Å²) in [6, 6.07) is 6.87. The number of oxime groups is 1. The summed E-state index contributed by atoms with van der Waals surface area (Å²) in [4.78, 5) is 41.6. The molecule has 2 aromatic rings. The molecular formula is C24H35N9O4. The van der Waals surface area contributed by atoms with Crippen LogP contribution in [0.1, 0.15) is 26.3 Å². The summed E-state index contributed by atoms with van der Waals surface area (Å²) in [5.74, 6) is 1.63. The summed E-state index contributed by atoms with van der Waals surface area (Å²) >= 11 is 0. The minimum absolute atomic E-state index is 0.0867. The average molecular weight is 514 g/mol. The van der Waals surface area contributed by atoms with Crippen LogP contribution >= 0.6 is 0 Å². The normalized spacial score (nSPS) is 13.5. The van der Waals surface area contributed by atoms with E-state index in [1.165, 1.54) is 12.5 Å². The van der Waals surface area contributed by atoms with Gasteiger partial charge >= 0.3 is 12.1 Å². The number of hydrogen-bond donors (Lipinski definition) is 4. The van der Waals surface area contributed by atoms with Crippen LogP contribution in [0.2, 0.25) is 0 Å². The van der Waals surface area contributed by atoms with Gasteiger partial charge in [-0.05, 0) is 45.0 Å². The van der Waals surface area contributed by atoms with Crippen molar-refractivity contribution in [3.05, 3.63) is 36.2 Å². The van der Waals surface area contributed by atoms with Gasteiger partial charge in [-0.25, -0.2) is 19.6 Å². The van der Waals surface area contributed by atoms with Crippen molar-refractivity contribution in [1.29, 1.82) is 0 Å². The maximum Gasteiger partial charge on any atom is 0.321 e. The van der Waals surface area contributed by atoms with Crippen molar-refractivity contribution in [3.63, 3.8) is 0 Å². The Morgan fingerprint density at radius 2 is 1.86 bits per heavy atom. The molecule has 1 aromatic carbocycles. The fourth-order valence-corrected chi connectivity index (χ4v) is 3.56. The molecule has 4 amide bonds. The Hall–Kier alpha value is -4.29. The predicted octanol–water partition coefficient (Wildman–Crippen LogP) is 1.87. The lowest BCUT2D eigenvalue weighted by molar-refractivity contribution is 0.148. The van der Waals surface area contributed by atoms with E-state index in [1.54, 1.807) is 4.90 Å². The van der Waals surface area contributed by atoms with Gasteiger partial charge in [0.25, 0.3) is 0 Å². The highest BCUT2D eigenvalue weighted by Gasteiger charge is 2.24. The SMILES string of the molecule is CCNC(=O)NCCO/N=C/c1c(N)ncnc1N1CCN(C(=O)Nc2ccc(OC(C)C)cc2)CC1. The summed E-state index contributed by atoms with van der Waals surface area (Å²) < 4.78 is 5.64. The molecule has 1 aliphatic rings. The molecule has 1 saturated heterocycles. The molecule has 2 heterocycles. The lowest BCUT2D eigenvalue weighted by atomic mass is 10.2. The van der Waals surface area contributed by atoms with Crippen molar-refractivity contribution in [2.45, 2.75) is 26.9 Å². The number of amides is 4. The van der Waals surface area contributed by atoms with Crippen LogP contribution in [0.3, 0.4) is 0 Å². The van der Waals surface area contributed by atoms with Crippen LogP contribution in [-0.2, 0) is 4.84 Å². The second kappa shape index (κ2) is 13.7. The lowest BCUT2D eigenvalue weighted by Gasteiger charge is -2.35. The van der Waals surface area contributed by atoms with Gasteiger partial charge in [0.05, 0.1) is 24.4 Å². The number of aromatic nitrogens is 2. The zero-order valence-electron chi connectivity index (χ0n) is 21.4. The van der Waals surface area contributed by atoms with Crippen LogP contribution in [0, 0.1) is 0 Å². The minimum Gasteiger partial charge on any atom is -0.491 e. The van der Waals surface area contributed by atoms with Crippen LogP contribution < -0.4 is 31.3 Å². The Balaban J connectivity index is 1.51. The van der Waals surface area contributed by atoms with E-state index >= 15 is 0 Å². The number of piperazine rings is 1. The van der Waals surface area contributed by atoms with Crippen molar-refractivity contribution < 1.29 is 19.2 Å². The average Bonchev–Trinajstić information content (AvgIpc) is 2.88. The number of carbonyl (C=O) groups is 2. The molecule has 13 nitrogen and oxygen atoms in total. The topological polar surface area (TPSA) is 159 Å². The van der Waals surface area contributed by atoms with Gasteiger partial charge in [0, 0.05) is 38.4 Å². The zero-order valence-corrected chi connectivity index (χ0v) is 21.4. The standard InChI is InChI=1S/C24H35N9O4/c1-4-26-23(34)27-9-14-36-30-15-20-21(25)28-16-29-22(20)32-10-12-33(13-11-32)24(35)31-18-5-7-19(8-6-18)37-17(2)3/h5-8,15-17H,4,9-14H2,1-3H3,(H,31,35)(H2,25,28,29)(H2,26,27,34)/b30-15+. The summed E-state index contributed by atoms with van der Waals surface area (Å²) in [6.45, 7) is 8.92. The number of ether oxygens (including phenoxy) is 1. The quantitative estimate of drug-likeness (QED) is 0.213. The third-order valence-electron chi connectivity index (χ3n) is 5.31. The van der Waals surface area contributed by atoms with Gasteiger partial charge in [-0.1, -0.05) is 5.16 Å². The lowest BCUT2D eigenvalue weighted by Crippen LogP contribution is -2.50. The number of hydrogen-bond acceptors (Lipinski definition) is 9. The first kappa shape index (κ1) is 27.3. The minimum atomic E-state index is -0.264. The molecule has 1 fully saturated rings. The summed E-state index contributed by atoms with van der Waals surface area (Å²) in [6.07, 6.45) is 2.94. The van der Waals surface area contributed by atoms with E-state index in [9.17, 15) is 9.59 Å². The van der Waals surface area contributed by atoms with Crippen molar-refractivity contribution in [1.82, 2.24) is 25.5 Å². The Morgan fingerprint density at radius 3 is 2.54 bits per heavy atom. The number of benzene rings is 1. The first-order chi connectivity index (χ1) is 17.9. The predicted molar refractivity (Wildman–Crippen MR) is 142 cm³/mol. The molecule has 3 rings (SSSR count). The Bertz CT molecular complexity index is 1050. The van der Waals surface area contributed by atoms with Gasteiger partial charge in [-0.2, -0.15) is 0 Å². The highest BCUT2D eigenvalue weighted by atomic mass is 16.6. The van der Waals surface area contributed by atoms with Crippen molar-refractivity contribution in [2.24, 2.45) is 5.16 Å². The fourth-order valence-electron chi connectivity index (χ4n) is 3.56. The summed E-state index contributed by atoms with van der Waals surface area (Å²) in [7, 11) is 0. The van der Waals surface area contributed by atoms with E-state index in [2.05, 4.69) is 31.1 Å². The number of nitrogens with one attached hydrogen (secondary N) is 3. The molecule has 0 atom stereocenters. The Labute approximate surface area is 216 Å². The third-order valence-corrected chi connectivity index (χ3v) is 5.31. The van der Waals surface area contributed by atoms with Crippen LogP contribution in [-0.4, -0.2) is 85.1 Å². The molecule has 1 aromatic heterocycles. The molecule has 0 unspecified atom stereocenters. The number of nitrogens with two attached hydrogens (primary N) is 1. The fraction of sp³-hybridized carbons (Fsp3) is 0.458. The van der Waals surface area contributed by atoms with E-state index in [0.717, 1.165) is 5.75 Å². The highest BCUT2D eigenvalue weighted by molar-refractivity contribution is 5.92. The number of urea groups is 2. The number of carbonyl (C=O) groups excluding carboxylic acids is 2. The molecule has 0 spiro atoms. The number of nitrogen functional groups attached to an aromatic ring is 1. The highest BCUT2D eigenvalue weighted by Crippen LogP contribution is 2.22. The Kier molecular flexibility index (Phi) is 10.1. The summed E-state index contributed by atoms with van der Waals surface area (Å²) in [5, 5.41) is 12.1. The van der Waals surface area contributed by atoms with Crippen LogP contribution in [0.5, 0.6) is 5.75 Å². The van der Waals surface area contributed by atoms with E-state index in [1.807, 2.05) is 49.9 Å². The number of nitrogens with zero attached hydrogens (tertiary/aromatic N) is 5. The monoisotopic (exact) mass is 513 g/mol. The molecule has 13 heteroatoms. The van der Waals surface area contributed by atoms with Gasteiger partial charge in [0.15, 0.2) is 0 Å². The molecule has 37 heavy (non-hydrogen) atoms. The molecule has 5 N–H and O–H groups in total. The maximum atomic E-state index is 12.8. The van der Waals surface area contributed by atoms with Crippen LogP contribution in [0.4, 0.5) is 26.9 Å². The van der Waals surface area contributed by atoms with E-state index in [-0.39, 0.29) is 30.6 Å². The van der Waals surface area contributed by atoms with Gasteiger partial charge in [-0.15, -0.1) is 0 Å². The van der Waals surface area contributed by atoms with Crippen molar-refractivity contribution in [2.75, 3.05) is 61.8 Å². The van der Waals surface area contributed by atoms with Crippen molar-refractivity contribution in [3.8, 4) is 5.75 Å². The molecule has 0 saturated carbocycles. The van der Waals surface area contributed by atoms with E-state index in [0.29, 0.717) is 56.3 Å². The largest absolute Gasteiger partial charge is 0.491 e.